The van der Waals surface area contributed by atoms with Crippen LogP contribution in [-0.4, -0.2) is 0 Å². The number of rotatable bonds is 4. The fourth-order valence-electron chi connectivity index (χ4n) is 1.82. The van der Waals surface area contributed by atoms with Crippen LogP contribution in [0.2, 0.25) is 0 Å². The summed E-state index contributed by atoms with van der Waals surface area (Å²) in [6.45, 7) is 12.7. The summed E-state index contributed by atoms with van der Waals surface area (Å²) in [5, 5.41) is 0. The zero-order valence-corrected chi connectivity index (χ0v) is 10.9. The molecule has 0 saturated heterocycles. The third kappa shape index (κ3) is 3.10. The van der Waals surface area contributed by atoms with Gasteiger partial charge in [0.15, 0.2) is 0 Å². The summed E-state index contributed by atoms with van der Waals surface area (Å²) >= 11 is 0. The van der Waals surface area contributed by atoms with E-state index in [1.165, 1.54) is 22.3 Å². The first-order valence-corrected chi connectivity index (χ1v) is 5.92. The van der Waals surface area contributed by atoms with Crippen LogP contribution in [0.3, 0.4) is 0 Å². The van der Waals surface area contributed by atoms with E-state index >= 15 is 0 Å². The molecule has 1 aromatic carbocycles. The second-order valence-corrected chi connectivity index (χ2v) is 4.58. The topological polar surface area (TPSA) is 0 Å². The van der Waals surface area contributed by atoms with Gasteiger partial charge in [-0.3, -0.25) is 0 Å². The molecule has 0 amide bonds. The van der Waals surface area contributed by atoms with Gasteiger partial charge in [-0.2, -0.15) is 0 Å². The molecule has 0 aliphatic carbocycles. The van der Waals surface area contributed by atoms with Gasteiger partial charge in [-0.15, -0.1) is 0 Å². The highest BCUT2D eigenvalue weighted by Crippen LogP contribution is 2.27. The molecule has 0 aliphatic rings. The maximum atomic E-state index is 4.03. The zero-order valence-electron chi connectivity index (χ0n) is 10.9. The van der Waals surface area contributed by atoms with Crippen molar-refractivity contribution in [2.75, 3.05) is 0 Å². The first-order valence-electron chi connectivity index (χ1n) is 5.92. The molecule has 0 N–H and O–H groups in total. The molecule has 1 rings (SSSR count). The van der Waals surface area contributed by atoms with E-state index in [-0.39, 0.29) is 0 Å². The second kappa shape index (κ2) is 5.69. The molecule has 1 atom stereocenters. The predicted octanol–water partition coefficient (Wildman–Crippen LogP) is 5.00. The van der Waals surface area contributed by atoms with Gasteiger partial charge in [0.2, 0.25) is 0 Å². The second-order valence-electron chi connectivity index (χ2n) is 4.58. The molecule has 0 saturated carbocycles. The number of allylic oxidation sites excluding steroid dienone is 3. The average molecular weight is 214 g/mol. The molecule has 0 heterocycles. The Bertz CT molecular complexity index is 396. The van der Waals surface area contributed by atoms with Gasteiger partial charge in [-0.25, -0.2) is 0 Å². The Hall–Kier alpha value is -1.30. The fraction of sp³-hybridized carbons (Fsp3) is 0.375. The van der Waals surface area contributed by atoms with Gasteiger partial charge in [-0.05, 0) is 49.8 Å². The number of aryl methyl sites for hydroxylation is 1. The summed E-state index contributed by atoms with van der Waals surface area (Å²) in [5.74, 6) is 0.547. The molecular weight excluding hydrogens is 192 g/mol. The molecule has 0 radical (unpaired) electrons. The number of hydrogen-bond donors (Lipinski definition) is 0. The highest BCUT2D eigenvalue weighted by Gasteiger charge is 2.09. The first kappa shape index (κ1) is 12.8. The minimum Gasteiger partial charge on any atom is -0.0999 e. The largest absolute Gasteiger partial charge is 0.0999 e. The van der Waals surface area contributed by atoms with Gasteiger partial charge in [0, 0.05) is 0 Å². The normalized spacial score (nSPS) is 13.6. The summed E-state index contributed by atoms with van der Waals surface area (Å²) in [4.78, 5) is 0. The van der Waals surface area contributed by atoms with E-state index < -0.39 is 0 Å². The van der Waals surface area contributed by atoms with E-state index in [0.717, 1.165) is 6.42 Å². The number of benzene rings is 1. The monoisotopic (exact) mass is 214 g/mol. The van der Waals surface area contributed by atoms with Crippen molar-refractivity contribution in [2.24, 2.45) is 5.92 Å². The van der Waals surface area contributed by atoms with Crippen molar-refractivity contribution in [1.82, 2.24) is 0 Å². The molecule has 0 unspecified atom stereocenters. The highest BCUT2D eigenvalue weighted by atomic mass is 14.1. The van der Waals surface area contributed by atoms with E-state index in [0.29, 0.717) is 5.92 Å². The van der Waals surface area contributed by atoms with Crippen LogP contribution in [0.25, 0.3) is 5.57 Å². The summed E-state index contributed by atoms with van der Waals surface area (Å²) in [6.07, 6.45) is 3.30. The lowest BCUT2D eigenvalue weighted by Gasteiger charge is -2.16. The van der Waals surface area contributed by atoms with Gasteiger partial charge in [0.25, 0.3) is 0 Å². The van der Waals surface area contributed by atoms with Crippen LogP contribution in [0.15, 0.2) is 42.5 Å². The molecule has 0 bridgehead atoms. The Kier molecular flexibility index (Phi) is 4.54. The predicted molar refractivity (Wildman–Crippen MR) is 73.4 cm³/mol. The van der Waals surface area contributed by atoms with Gasteiger partial charge >= 0.3 is 0 Å². The standard InChI is InChI=1S/C16H22/c1-6-15(11-14(5)12(2)3)16-10-8-7-9-13(16)4/h6-10,14H,2,11H2,1,3-5H3/b15-6-/t14-/m0/s1. The van der Waals surface area contributed by atoms with Crippen molar-refractivity contribution in [3.05, 3.63) is 53.6 Å². The Balaban J connectivity index is 2.93. The molecule has 0 aliphatic heterocycles. The molecule has 0 heteroatoms. The van der Waals surface area contributed by atoms with E-state index in [4.69, 9.17) is 0 Å². The Labute approximate surface area is 99.7 Å². The van der Waals surface area contributed by atoms with Gasteiger partial charge in [0.1, 0.15) is 0 Å². The van der Waals surface area contributed by atoms with Crippen molar-refractivity contribution < 1.29 is 0 Å². The lowest BCUT2D eigenvalue weighted by molar-refractivity contribution is 0.707. The van der Waals surface area contributed by atoms with E-state index in [9.17, 15) is 0 Å². The molecule has 0 spiro atoms. The van der Waals surface area contributed by atoms with Gasteiger partial charge in [-0.1, -0.05) is 49.4 Å². The average Bonchev–Trinajstić information content (AvgIpc) is 2.26. The molecule has 86 valence electrons. The molecule has 1 aromatic rings. The highest BCUT2D eigenvalue weighted by molar-refractivity contribution is 5.68. The van der Waals surface area contributed by atoms with Crippen LogP contribution in [0.5, 0.6) is 0 Å². The van der Waals surface area contributed by atoms with Crippen LogP contribution < -0.4 is 0 Å². The first-order chi connectivity index (χ1) is 7.56. The molecule has 16 heavy (non-hydrogen) atoms. The molecule has 0 fully saturated rings. The Morgan fingerprint density at radius 2 is 2.00 bits per heavy atom. The Morgan fingerprint density at radius 1 is 1.38 bits per heavy atom. The zero-order chi connectivity index (χ0) is 12.1. The minimum atomic E-state index is 0.547. The maximum absolute atomic E-state index is 4.03. The van der Waals surface area contributed by atoms with Gasteiger partial charge < -0.3 is 0 Å². The number of hydrogen-bond acceptors (Lipinski definition) is 0. The van der Waals surface area contributed by atoms with Crippen molar-refractivity contribution >= 4 is 5.57 Å². The summed E-state index contributed by atoms with van der Waals surface area (Å²) in [7, 11) is 0. The van der Waals surface area contributed by atoms with E-state index in [2.05, 4.69) is 64.6 Å². The molecule has 0 aromatic heterocycles. The van der Waals surface area contributed by atoms with Crippen molar-refractivity contribution in [1.29, 1.82) is 0 Å². The SMILES string of the molecule is C=C(C)[C@@H](C)C/C(=C/C)c1ccccc1C. The summed E-state index contributed by atoms with van der Waals surface area (Å²) < 4.78 is 0. The molecule has 0 nitrogen and oxygen atoms in total. The third-order valence-electron chi connectivity index (χ3n) is 3.21. The van der Waals surface area contributed by atoms with Crippen LogP contribution in [0.1, 0.15) is 38.3 Å². The lowest BCUT2D eigenvalue weighted by Crippen LogP contribution is -1.98. The minimum absolute atomic E-state index is 0.547. The maximum Gasteiger partial charge on any atom is -0.0197 e. The Morgan fingerprint density at radius 3 is 2.50 bits per heavy atom. The van der Waals surface area contributed by atoms with Crippen LogP contribution in [0, 0.1) is 12.8 Å². The molecular formula is C16H22. The fourth-order valence-corrected chi connectivity index (χ4v) is 1.82. The summed E-state index contributed by atoms with van der Waals surface area (Å²) in [6, 6.07) is 8.58. The summed E-state index contributed by atoms with van der Waals surface area (Å²) in [5.41, 5.74) is 5.41. The van der Waals surface area contributed by atoms with Crippen LogP contribution in [-0.2, 0) is 0 Å². The van der Waals surface area contributed by atoms with E-state index in [1.807, 2.05) is 0 Å². The quantitative estimate of drug-likeness (QED) is 0.619. The van der Waals surface area contributed by atoms with Crippen molar-refractivity contribution in [3.63, 3.8) is 0 Å². The smallest absolute Gasteiger partial charge is 0.0197 e. The van der Waals surface area contributed by atoms with E-state index in [1.54, 1.807) is 0 Å². The van der Waals surface area contributed by atoms with Crippen molar-refractivity contribution in [3.8, 4) is 0 Å². The van der Waals surface area contributed by atoms with Crippen molar-refractivity contribution in [2.45, 2.75) is 34.1 Å². The third-order valence-corrected chi connectivity index (χ3v) is 3.21. The lowest BCUT2D eigenvalue weighted by atomic mass is 9.89. The van der Waals surface area contributed by atoms with Crippen LogP contribution in [0.4, 0.5) is 0 Å². The van der Waals surface area contributed by atoms with Crippen LogP contribution >= 0.6 is 0 Å². The van der Waals surface area contributed by atoms with Gasteiger partial charge in [0.05, 0.1) is 0 Å².